The van der Waals surface area contributed by atoms with Crippen LogP contribution in [0.4, 0.5) is 4.79 Å². The second-order valence-electron chi connectivity index (χ2n) is 2.89. The molecule has 0 aromatic rings. The summed E-state index contributed by atoms with van der Waals surface area (Å²) >= 11 is 0. The maximum atomic E-state index is 11.2. The third-order valence-electron chi connectivity index (χ3n) is 2.14. The average molecular weight is 208 g/mol. The molecule has 0 aromatic carbocycles. The highest BCUT2D eigenvalue weighted by molar-refractivity contribution is 7.90. The Balaban J connectivity index is 2.65. The minimum absolute atomic E-state index is 0.0680. The van der Waals surface area contributed by atoms with Crippen molar-refractivity contribution in [3.05, 3.63) is 0 Å². The second kappa shape index (κ2) is 3.51. The second-order valence-corrected chi connectivity index (χ2v) is 5.05. The highest BCUT2D eigenvalue weighted by atomic mass is 32.2. The van der Waals surface area contributed by atoms with E-state index in [1.165, 1.54) is 7.05 Å². The molecule has 0 saturated carbocycles. The standard InChI is InChI=1S/C6H12N2O4S/c1-7-13(11,12)5-2-3-8(4-5)6(9)10/h5,7H,2-4H2,1H3,(H,9,10). The zero-order valence-corrected chi connectivity index (χ0v) is 8.04. The lowest BCUT2D eigenvalue weighted by Gasteiger charge is -2.11. The Labute approximate surface area is 76.6 Å². The maximum Gasteiger partial charge on any atom is 0.407 e. The fraction of sp³-hybridized carbons (Fsp3) is 0.833. The molecular weight excluding hydrogens is 196 g/mol. The van der Waals surface area contributed by atoms with Crippen LogP contribution < -0.4 is 4.72 Å². The van der Waals surface area contributed by atoms with E-state index in [-0.39, 0.29) is 6.54 Å². The summed E-state index contributed by atoms with van der Waals surface area (Å²) in [5, 5.41) is 7.98. The monoisotopic (exact) mass is 208 g/mol. The van der Waals surface area contributed by atoms with E-state index in [1.807, 2.05) is 0 Å². The van der Waals surface area contributed by atoms with Crippen LogP contribution in [0.2, 0.25) is 0 Å². The Bertz CT molecular complexity index is 300. The van der Waals surface area contributed by atoms with Crippen molar-refractivity contribution in [3.63, 3.8) is 0 Å². The Morgan fingerprint density at radius 3 is 2.62 bits per heavy atom. The first-order chi connectivity index (χ1) is 5.97. The summed E-state index contributed by atoms with van der Waals surface area (Å²) in [4.78, 5) is 11.6. The van der Waals surface area contributed by atoms with Crippen LogP contribution in [0, 0.1) is 0 Å². The van der Waals surface area contributed by atoms with Gasteiger partial charge in [0.15, 0.2) is 0 Å². The van der Waals surface area contributed by atoms with Crippen LogP contribution in [0.5, 0.6) is 0 Å². The van der Waals surface area contributed by atoms with Crippen molar-refractivity contribution in [2.45, 2.75) is 11.7 Å². The first-order valence-electron chi connectivity index (χ1n) is 3.87. The molecule has 13 heavy (non-hydrogen) atoms. The van der Waals surface area contributed by atoms with Crippen LogP contribution in [-0.2, 0) is 10.0 Å². The van der Waals surface area contributed by atoms with Gasteiger partial charge < -0.3 is 10.0 Å². The number of sulfonamides is 1. The lowest BCUT2D eigenvalue weighted by atomic mass is 10.4. The molecule has 1 amide bonds. The molecule has 1 rings (SSSR count). The van der Waals surface area contributed by atoms with E-state index in [1.54, 1.807) is 0 Å². The predicted molar refractivity (Wildman–Crippen MR) is 46.0 cm³/mol. The van der Waals surface area contributed by atoms with Gasteiger partial charge in [-0.3, -0.25) is 0 Å². The third kappa shape index (κ3) is 2.10. The van der Waals surface area contributed by atoms with Crippen LogP contribution in [0.3, 0.4) is 0 Å². The predicted octanol–water partition coefficient (Wildman–Crippen LogP) is -0.712. The molecule has 1 aliphatic rings. The minimum Gasteiger partial charge on any atom is -0.465 e. The summed E-state index contributed by atoms with van der Waals surface area (Å²) < 4.78 is 24.7. The number of carbonyl (C=O) groups is 1. The lowest BCUT2D eigenvalue weighted by molar-refractivity contribution is 0.156. The summed E-state index contributed by atoms with van der Waals surface area (Å²) in [6.45, 7) is 0.361. The van der Waals surface area contributed by atoms with Crippen molar-refractivity contribution in [3.8, 4) is 0 Å². The van der Waals surface area contributed by atoms with Gasteiger partial charge in [0.05, 0.1) is 5.25 Å². The van der Waals surface area contributed by atoms with Gasteiger partial charge in [-0.15, -0.1) is 0 Å². The normalized spacial score (nSPS) is 23.5. The zero-order valence-electron chi connectivity index (χ0n) is 7.23. The van der Waals surface area contributed by atoms with Crippen LogP contribution in [-0.4, -0.2) is 49.9 Å². The maximum absolute atomic E-state index is 11.2. The molecular formula is C6H12N2O4S. The van der Waals surface area contributed by atoms with Gasteiger partial charge in [-0.05, 0) is 13.5 Å². The quantitative estimate of drug-likeness (QED) is 0.627. The first kappa shape index (κ1) is 10.3. The Hall–Kier alpha value is -0.820. The van der Waals surface area contributed by atoms with Crippen molar-refractivity contribution in [2.24, 2.45) is 0 Å². The van der Waals surface area contributed by atoms with Crippen molar-refractivity contribution in [1.29, 1.82) is 0 Å². The SMILES string of the molecule is CNS(=O)(=O)C1CCN(C(=O)O)C1. The number of amides is 1. The number of likely N-dealkylation sites (tertiary alicyclic amines) is 1. The van der Waals surface area contributed by atoms with Gasteiger partial charge in [0.2, 0.25) is 10.0 Å². The zero-order chi connectivity index (χ0) is 10.1. The van der Waals surface area contributed by atoms with E-state index in [4.69, 9.17) is 5.11 Å². The molecule has 0 aliphatic carbocycles. The van der Waals surface area contributed by atoms with E-state index in [9.17, 15) is 13.2 Å². The Morgan fingerprint density at radius 1 is 1.62 bits per heavy atom. The van der Waals surface area contributed by atoms with Gasteiger partial charge in [-0.2, -0.15) is 0 Å². The Morgan fingerprint density at radius 2 is 2.23 bits per heavy atom. The molecule has 1 aliphatic heterocycles. The molecule has 1 unspecified atom stereocenters. The van der Waals surface area contributed by atoms with Crippen molar-refractivity contribution in [2.75, 3.05) is 20.1 Å². The highest BCUT2D eigenvalue weighted by Crippen LogP contribution is 2.15. The molecule has 0 spiro atoms. The number of nitrogens with one attached hydrogen (secondary N) is 1. The summed E-state index contributed by atoms with van der Waals surface area (Å²) in [7, 11) is -1.99. The third-order valence-corrected chi connectivity index (χ3v) is 3.97. The van der Waals surface area contributed by atoms with E-state index in [2.05, 4.69) is 4.72 Å². The molecule has 6 nitrogen and oxygen atoms in total. The highest BCUT2D eigenvalue weighted by Gasteiger charge is 2.34. The lowest BCUT2D eigenvalue weighted by Crippen LogP contribution is -2.35. The van der Waals surface area contributed by atoms with Gasteiger partial charge in [0, 0.05) is 13.1 Å². The molecule has 0 radical (unpaired) electrons. The fourth-order valence-electron chi connectivity index (χ4n) is 1.32. The van der Waals surface area contributed by atoms with Crippen LogP contribution >= 0.6 is 0 Å². The van der Waals surface area contributed by atoms with Crippen LogP contribution in [0.15, 0.2) is 0 Å². The minimum atomic E-state index is -3.32. The molecule has 2 N–H and O–H groups in total. The van der Waals surface area contributed by atoms with Gasteiger partial charge in [-0.1, -0.05) is 0 Å². The number of hydrogen-bond acceptors (Lipinski definition) is 3. The number of nitrogens with zero attached hydrogens (tertiary/aromatic N) is 1. The first-order valence-corrected chi connectivity index (χ1v) is 5.42. The van der Waals surface area contributed by atoms with Gasteiger partial charge in [0.1, 0.15) is 0 Å². The topological polar surface area (TPSA) is 86.7 Å². The van der Waals surface area contributed by atoms with Gasteiger partial charge >= 0.3 is 6.09 Å². The molecule has 76 valence electrons. The number of rotatable bonds is 2. The molecule has 1 fully saturated rings. The van der Waals surface area contributed by atoms with E-state index in [0.717, 1.165) is 4.90 Å². The van der Waals surface area contributed by atoms with Crippen molar-refractivity contribution in [1.82, 2.24) is 9.62 Å². The van der Waals surface area contributed by atoms with E-state index < -0.39 is 21.4 Å². The number of hydrogen-bond donors (Lipinski definition) is 2. The van der Waals surface area contributed by atoms with Crippen LogP contribution in [0.1, 0.15) is 6.42 Å². The summed E-state index contributed by atoms with van der Waals surface area (Å²) in [6, 6.07) is 0. The summed E-state index contributed by atoms with van der Waals surface area (Å²) in [6.07, 6.45) is -0.691. The molecule has 1 saturated heterocycles. The van der Waals surface area contributed by atoms with Crippen LogP contribution in [0.25, 0.3) is 0 Å². The van der Waals surface area contributed by atoms with Gasteiger partial charge in [0.25, 0.3) is 0 Å². The van der Waals surface area contributed by atoms with Crippen molar-refractivity contribution < 1.29 is 18.3 Å². The molecule has 0 bridgehead atoms. The van der Waals surface area contributed by atoms with E-state index in [0.29, 0.717) is 13.0 Å². The molecule has 1 atom stereocenters. The average Bonchev–Trinajstić information content (AvgIpc) is 2.52. The molecule has 0 aromatic heterocycles. The largest absolute Gasteiger partial charge is 0.465 e. The summed E-state index contributed by atoms with van der Waals surface area (Å²) in [5.41, 5.74) is 0. The fourth-order valence-corrected chi connectivity index (χ4v) is 2.45. The van der Waals surface area contributed by atoms with Crippen molar-refractivity contribution >= 4 is 16.1 Å². The molecule has 1 heterocycles. The number of carboxylic acid groups (broad SMARTS) is 1. The summed E-state index contributed by atoms with van der Waals surface area (Å²) in [5.74, 6) is 0. The van der Waals surface area contributed by atoms with Gasteiger partial charge in [-0.25, -0.2) is 17.9 Å². The van der Waals surface area contributed by atoms with E-state index >= 15 is 0 Å². The smallest absolute Gasteiger partial charge is 0.407 e. The Kier molecular flexibility index (Phi) is 2.77. The molecule has 7 heteroatoms.